The van der Waals surface area contributed by atoms with E-state index in [2.05, 4.69) is 20.8 Å². The number of hydrogen-bond acceptors (Lipinski definition) is 7. The average Bonchev–Trinajstić information content (AvgIpc) is 3.27. The van der Waals surface area contributed by atoms with Crippen molar-refractivity contribution in [1.29, 1.82) is 0 Å². The van der Waals surface area contributed by atoms with E-state index in [1.165, 1.54) is 0 Å². The summed E-state index contributed by atoms with van der Waals surface area (Å²) >= 11 is 0.951. The van der Waals surface area contributed by atoms with Crippen molar-refractivity contribution < 1.29 is 19.1 Å². The Kier molecular flexibility index (Phi) is 7.86. The molecule has 0 unspecified atom stereocenters. The summed E-state index contributed by atoms with van der Waals surface area (Å²) in [6, 6.07) is 9.00. The summed E-state index contributed by atoms with van der Waals surface area (Å²) in [7, 11) is 1.62. The summed E-state index contributed by atoms with van der Waals surface area (Å²) < 4.78 is 4.97. The summed E-state index contributed by atoms with van der Waals surface area (Å²) in [4.78, 5) is 39.1. The fraction of sp³-hybridized carbons (Fsp3) is 0.450. The first-order valence-corrected chi connectivity index (χ1v) is 10.7. The average molecular weight is 432 g/mol. The molecular weight excluding hydrogens is 406 g/mol. The van der Waals surface area contributed by atoms with Gasteiger partial charge in [-0.25, -0.2) is 0 Å². The van der Waals surface area contributed by atoms with Crippen LogP contribution in [0, 0.1) is 5.92 Å². The molecule has 0 saturated carbocycles. The fourth-order valence-corrected chi connectivity index (χ4v) is 3.90. The highest BCUT2D eigenvalue weighted by atomic mass is 32.1. The van der Waals surface area contributed by atoms with Crippen LogP contribution in [0.15, 0.2) is 30.3 Å². The maximum atomic E-state index is 12.8. The zero-order valence-corrected chi connectivity index (χ0v) is 17.6. The van der Waals surface area contributed by atoms with E-state index in [1.807, 2.05) is 18.2 Å². The predicted molar refractivity (Wildman–Crippen MR) is 112 cm³/mol. The number of amides is 3. The molecule has 2 N–H and O–H groups in total. The third-order valence-corrected chi connectivity index (χ3v) is 5.65. The number of methoxy groups -OCH3 is 1. The number of para-hydroxylation sites is 1. The Morgan fingerprint density at radius 2 is 1.97 bits per heavy atom. The van der Waals surface area contributed by atoms with Crippen LogP contribution in [0.1, 0.15) is 38.9 Å². The zero-order valence-electron chi connectivity index (χ0n) is 16.8. The Balaban J connectivity index is 1.56. The molecular formula is C20H25N5O4S. The molecule has 160 valence electrons. The van der Waals surface area contributed by atoms with Gasteiger partial charge in [0.1, 0.15) is 0 Å². The summed E-state index contributed by atoms with van der Waals surface area (Å²) in [5.74, 6) is -1.02. The zero-order chi connectivity index (χ0) is 21.3. The minimum Gasteiger partial charge on any atom is -0.385 e. The number of rotatable bonds is 8. The molecule has 1 aromatic carbocycles. The van der Waals surface area contributed by atoms with Crippen molar-refractivity contribution in [3.05, 3.63) is 40.3 Å². The number of hydrogen-bond donors (Lipinski definition) is 2. The van der Waals surface area contributed by atoms with E-state index in [1.54, 1.807) is 24.1 Å². The van der Waals surface area contributed by atoms with Gasteiger partial charge in [0.25, 0.3) is 11.8 Å². The largest absolute Gasteiger partial charge is 0.385 e. The van der Waals surface area contributed by atoms with Crippen molar-refractivity contribution in [2.45, 2.75) is 19.3 Å². The topological polar surface area (TPSA) is 114 Å². The second kappa shape index (κ2) is 10.8. The molecule has 1 aliphatic rings. The first-order chi connectivity index (χ1) is 14.6. The van der Waals surface area contributed by atoms with E-state index in [0.717, 1.165) is 30.6 Å². The van der Waals surface area contributed by atoms with Gasteiger partial charge in [0, 0.05) is 39.0 Å². The number of nitrogens with zero attached hydrogens (tertiary/aromatic N) is 3. The molecule has 0 spiro atoms. The fourth-order valence-electron chi connectivity index (χ4n) is 3.19. The van der Waals surface area contributed by atoms with Gasteiger partial charge < -0.3 is 20.3 Å². The molecule has 0 bridgehead atoms. The SMILES string of the molecule is COCCCNC(=O)[C@@H]1CCCN(C(=O)c2nnc(C(=O)Nc3ccccc3)s2)C1. The van der Waals surface area contributed by atoms with Crippen LogP contribution in [0.4, 0.5) is 5.69 Å². The van der Waals surface area contributed by atoms with Crippen LogP contribution < -0.4 is 10.6 Å². The van der Waals surface area contributed by atoms with Crippen molar-refractivity contribution in [3.8, 4) is 0 Å². The predicted octanol–water partition coefficient (Wildman–Crippen LogP) is 1.80. The lowest BCUT2D eigenvalue weighted by Gasteiger charge is -2.31. The van der Waals surface area contributed by atoms with Gasteiger partial charge in [-0.15, -0.1) is 10.2 Å². The van der Waals surface area contributed by atoms with E-state index in [-0.39, 0.29) is 27.7 Å². The molecule has 0 radical (unpaired) electrons. The Hall–Kier alpha value is -2.85. The normalized spacial score (nSPS) is 16.2. The minimum atomic E-state index is -0.412. The van der Waals surface area contributed by atoms with E-state index < -0.39 is 5.91 Å². The van der Waals surface area contributed by atoms with E-state index in [4.69, 9.17) is 4.74 Å². The standard InChI is InChI=1S/C20H25N5O4S/c1-29-12-6-10-21-16(26)14-7-5-11-25(13-14)20(28)19-24-23-18(30-19)17(27)22-15-8-3-2-4-9-15/h2-4,8-9,14H,5-7,10-13H2,1H3,(H,21,26)(H,22,27)/t14-/m1/s1. The quantitative estimate of drug-likeness (QED) is 0.616. The number of ether oxygens (including phenoxy) is 1. The van der Waals surface area contributed by atoms with E-state index in [9.17, 15) is 14.4 Å². The molecule has 1 aliphatic heterocycles. The molecule has 0 aliphatic carbocycles. The van der Waals surface area contributed by atoms with Crippen molar-refractivity contribution >= 4 is 34.7 Å². The van der Waals surface area contributed by atoms with Crippen LogP contribution in [-0.4, -0.2) is 66.2 Å². The second-order valence-corrected chi connectivity index (χ2v) is 7.94. The monoisotopic (exact) mass is 431 g/mol. The third-order valence-electron chi connectivity index (χ3n) is 4.74. The molecule has 3 rings (SSSR count). The number of anilines is 1. The highest BCUT2D eigenvalue weighted by Gasteiger charge is 2.30. The summed E-state index contributed by atoms with van der Waals surface area (Å²) in [5, 5.41) is 13.6. The van der Waals surface area contributed by atoms with Crippen LogP contribution in [-0.2, 0) is 9.53 Å². The van der Waals surface area contributed by atoms with Gasteiger partial charge in [0.05, 0.1) is 5.92 Å². The van der Waals surface area contributed by atoms with Gasteiger partial charge in [-0.2, -0.15) is 0 Å². The van der Waals surface area contributed by atoms with Crippen molar-refractivity contribution in [3.63, 3.8) is 0 Å². The number of nitrogens with one attached hydrogen (secondary N) is 2. The molecule has 3 amide bonds. The smallest absolute Gasteiger partial charge is 0.286 e. The number of benzene rings is 1. The van der Waals surface area contributed by atoms with Gasteiger partial charge >= 0.3 is 0 Å². The molecule has 2 heterocycles. The first-order valence-electron chi connectivity index (χ1n) is 9.84. The lowest BCUT2D eigenvalue weighted by Crippen LogP contribution is -2.45. The third kappa shape index (κ3) is 5.83. The second-order valence-electron chi connectivity index (χ2n) is 6.96. The van der Waals surface area contributed by atoms with Gasteiger partial charge in [-0.1, -0.05) is 29.5 Å². The maximum Gasteiger partial charge on any atom is 0.286 e. The summed E-state index contributed by atoms with van der Waals surface area (Å²) in [5.41, 5.74) is 0.640. The first kappa shape index (κ1) is 21.8. The lowest BCUT2D eigenvalue weighted by atomic mass is 9.97. The molecule has 1 aromatic heterocycles. The van der Waals surface area contributed by atoms with Crippen molar-refractivity contribution in [2.75, 3.05) is 38.7 Å². The Morgan fingerprint density at radius 3 is 2.73 bits per heavy atom. The Bertz CT molecular complexity index is 873. The molecule has 9 nitrogen and oxygen atoms in total. The molecule has 30 heavy (non-hydrogen) atoms. The maximum absolute atomic E-state index is 12.8. The number of aromatic nitrogens is 2. The van der Waals surface area contributed by atoms with Crippen molar-refractivity contribution in [1.82, 2.24) is 20.4 Å². The van der Waals surface area contributed by atoms with Gasteiger partial charge in [-0.05, 0) is 31.4 Å². The molecule has 1 saturated heterocycles. The Morgan fingerprint density at radius 1 is 1.20 bits per heavy atom. The van der Waals surface area contributed by atoms with Gasteiger partial charge in [-0.3, -0.25) is 14.4 Å². The van der Waals surface area contributed by atoms with E-state index in [0.29, 0.717) is 31.9 Å². The van der Waals surface area contributed by atoms with Crippen molar-refractivity contribution in [2.24, 2.45) is 5.92 Å². The highest BCUT2D eigenvalue weighted by molar-refractivity contribution is 7.15. The Labute approximate surface area is 178 Å². The van der Waals surface area contributed by atoms with Crippen LogP contribution in [0.5, 0.6) is 0 Å². The van der Waals surface area contributed by atoms with Gasteiger partial charge in [0.2, 0.25) is 15.9 Å². The van der Waals surface area contributed by atoms with Crippen LogP contribution in [0.25, 0.3) is 0 Å². The molecule has 1 fully saturated rings. The van der Waals surface area contributed by atoms with Gasteiger partial charge in [0.15, 0.2) is 0 Å². The summed E-state index contributed by atoms with van der Waals surface area (Å²) in [6.45, 7) is 2.03. The number of piperidine rings is 1. The van der Waals surface area contributed by atoms with Crippen LogP contribution >= 0.6 is 11.3 Å². The van der Waals surface area contributed by atoms with E-state index >= 15 is 0 Å². The molecule has 2 aromatic rings. The highest BCUT2D eigenvalue weighted by Crippen LogP contribution is 2.21. The lowest BCUT2D eigenvalue weighted by molar-refractivity contribution is -0.126. The summed E-state index contributed by atoms with van der Waals surface area (Å²) in [6.07, 6.45) is 2.22. The number of carbonyl (C=O) groups excluding carboxylic acids is 3. The number of likely N-dealkylation sites (tertiary alicyclic amines) is 1. The molecule has 10 heteroatoms. The van der Waals surface area contributed by atoms with Crippen LogP contribution in [0.2, 0.25) is 0 Å². The molecule has 1 atom stereocenters. The number of carbonyl (C=O) groups is 3. The minimum absolute atomic E-state index is 0.0520. The van der Waals surface area contributed by atoms with Crippen LogP contribution in [0.3, 0.4) is 0 Å².